The molecule has 5 nitrogen and oxygen atoms in total. The smallest absolute Gasteiger partial charge is 0.138 e. The molecule has 0 aliphatic rings. The molecule has 1 aromatic carbocycles. The summed E-state index contributed by atoms with van der Waals surface area (Å²) < 4.78 is 7.09. The van der Waals surface area contributed by atoms with Gasteiger partial charge in [-0.15, -0.1) is 0 Å². The number of aliphatic hydroxyl groups excluding tert-OH is 1. The summed E-state index contributed by atoms with van der Waals surface area (Å²) in [6, 6.07) is 7.48. The maximum atomic E-state index is 10.3. The molecule has 0 aliphatic carbocycles. The van der Waals surface area contributed by atoms with Gasteiger partial charge in [-0.25, -0.2) is 4.98 Å². The number of para-hydroxylation sites is 1. The third-order valence-corrected chi connectivity index (χ3v) is 3.00. The second-order valence-electron chi connectivity index (χ2n) is 4.36. The average molecular weight is 261 g/mol. The normalized spacial score (nSPS) is 12.4. The van der Waals surface area contributed by atoms with E-state index in [1.165, 1.54) is 6.33 Å². The van der Waals surface area contributed by atoms with Gasteiger partial charge in [0.1, 0.15) is 17.9 Å². The molecule has 0 spiro atoms. The van der Waals surface area contributed by atoms with Crippen molar-refractivity contribution in [1.82, 2.24) is 14.8 Å². The number of aromatic nitrogens is 3. The summed E-state index contributed by atoms with van der Waals surface area (Å²) in [6.07, 6.45) is 2.30. The van der Waals surface area contributed by atoms with Crippen LogP contribution in [0.3, 0.4) is 0 Å². The Labute approximate surface area is 112 Å². The number of hydrogen-bond acceptors (Lipinski definition) is 4. The quantitative estimate of drug-likeness (QED) is 0.863. The average Bonchev–Trinajstić information content (AvgIpc) is 2.86. The molecule has 1 atom stereocenters. The Morgan fingerprint density at radius 2 is 2.16 bits per heavy atom. The first-order chi connectivity index (χ1) is 9.26. The standard InChI is InChI=1S/C14H19N3O2/c1-3-8-17-14(15-10-16-17)9-12(18)11-6-4-5-7-13(11)19-2/h4-7,10,12,18H,3,8-9H2,1-2H3. The molecule has 0 saturated heterocycles. The predicted octanol–water partition coefficient (Wildman–Crippen LogP) is 1.97. The number of hydrogen-bond donors (Lipinski definition) is 1. The Bertz CT molecular complexity index is 525. The lowest BCUT2D eigenvalue weighted by Crippen LogP contribution is -2.11. The molecule has 1 aromatic heterocycles. The fraction of sp³-hybridized carbons (Fsp3) is 0.429. The fourth-order valence-electron chi connectivity index (χ4n) is 2.07. The van der Waals surface area contributed by atoms with Crippen LogP contribution in [0, 0.1) is 0 Å². The van der Waals surface area contributed by atoms with Crippen LogP contribution in [0.2, 0.25) is 0 Å². The van der Waals surface area contributed by atoms with Crippen LogP contribution in [0.4, 0.5) is 0 Å². The summed E-state index contributed by atoms with van der Waals surface area (Å²) in [7, 11) is 1.60. The van der Waals surface area contributed by atoms with Crippen molar-refractivity contribution >= 4 is 0 Å². The lowest BCUT2D eigenvalue weighted by Gasteiger charge is -2.14. The van der Waals surface area contributed by atoms with Crippen molar-refractivity contribution in [3.63, 3.8) is 0 Å². The number of nitrogens with zero attached hydrogens (tertiary/aromatic N) is 3. The number of aryl methyl sites for hydroxylation is 1. The van der Waals surface area contributed by atoms with E-state index in [0.717, 1.165) is 24.4 Å². The Hall–Kier alpha value is -1.88. The van der Waals surface area contributed by atoms with Gasteiger partial charge in [-0.3, -0.25) is 4.68 Å². The van der Waals surface area contributed by atoms with Crippen molar-refractivity contribution in [1.29, 1.82) is 0 Å². The molecule has 19 heavy (non-hydrogen) atoms. The van der Waals surface area contributed by atoms with Gasteiger partial charge in [0.15, 0.2) is 0 Å². The topological polar surface area (TPSA) is 60.2 Å². The van der Waals surface area contributed by atoms with Crippen molar-refractivity contribution in [2.75, 3.05) is 7.11 Å². The van der Waals surface area contributed by atoms with E-state index in [0.29, 0.717) is 12.2 Å². The van der Waals surface area contributed by atoms with Crippen molar-refractivity contribution < 1.29 is 9.84 Å². The minimum Gasteiger partial charge on any atom is -0.496 e. The Kier molecular flexibility index (Phi) is 4.52. The maximum absolute atomic E-state index is 10.3. The minimum absolute atomic E-state index is 0.431. The summed E-state index contributed by atoms with van der Waals surface area (Å²) in [5, 5.41) is 14.5. The van der Waals surface area contributed by atoms with Gasteiger partial charge in [-0.1, -0.05) is 25.1 Å². The Morgan fingerprint density at radius 1 is 1.37 bits per heavy atom. The van der Waals surface area contributed by atoms with Gasteiger partial charge in [-0.2, -0.15) is 5.10 Å². The van der Waals surface area contributed by atoms with Crippen molar-refractivity contribution in [2.45, 2.75) is 32.4 Å². The molecule has 2 aromatic rings. The highest BCUT2D eigenvalue weighted by molar-refractivity contribution is 5.35. The van der Waals surface area contributed by atoms with Gasteiger partial charge in [-0.05, 0) is 12.5 Å². The third-order valence-electron chi connectivity index (χ3n) is 3.00. The summed E-state index contributed by atoms with van der Waals surface area (Å²) in [5.74, 6) is 1.48. The number of aliphatic hydroxyl groups is 1. The van der Waals surface area contributed by atoms with Crippen LogP contribution in [-0.4, -0.2) is 27.0 Å². The molecular formula is C14H19N3O2. The van der Waals surface area contributed by atoms with Gasteiger partial charge >= 0.3 is 0 Å². The summed E-state index contributed by atoms with van der Waals surface area (Å²) in [4.78, 5) is 4.21. The molecular weight excluding hydrogens is 242 g/mol. The molecule has 1 unspecified atom stereocenters. The molecule has 0 saturated carbocycles. The van der Waals surface area contributed by atoms with E-state index >= 15 is 0 Å². The second-order valence-corrected chi connectivity index (χ2v) is 4.36. The molecule has 0 amide bonds. The van der Waals surface area contributed by atoms with Gasteiger partial charge in [0.25, 0.3) is 0 Å². The van der Waals surface area contributed by atoms with E-state index in [-0.39, 0.29) is 0 Å². The SMILES string of the molecule is CCCn1ncnc1CC(O)c1ccccc1OC. The lowest BCUT2D eigenvalue weighted by atomic mass is 10.1. The van der Waals surface area contributed by atoms with Crippen LogP contribution in [-0.2, 0) is 13.0 Å². The van der Waals surface area contributed by atoms with E-state index in [1.54, 1.807) is 7.11 Å². The molecule has 1 heterocycles. The van der Waals surface area contributed by atoms with Crippen molar-refractivity contribution in [2.24, 2.45) is 0 Å². The van der Waals surface area contributed by atoms with Crippen LogP contribution >= 0.6 is 0 Å². The number of ether oxygens (including phenoxy) is 1. The van der Waals surface area contributed by atoms with E-state index in [1.807, 2.05) is 28.9 Å². The van der Waals surface area contributed by atoms with Gasteiger partial charge in [0.05, 0.1) is 13.2 Å². The van der Waals surface area contributed by atoms with E-state index in [4.69, 9.17) is 4.74 Å². The highest BCUT2D eigenvalue weighted by atomic mass is 16.5. The van der Waals surface area contributed by atoms with Crippen LogP contribution in [0.5, 0.6) is 5.75 Å². The molecule has 0 fully saturated rings. The molecule has 5 heteroatoms. The summed E-state index contributed by atoms with van der Waals surface area (Å²) >= 11 is 0. The van der Waals surface area contributed by atoms with Crippen LogP contribution < -0.4 is 4.74 Å². The number of methoxy groups -OCH3 is 1. The summed E-state index contributed by atoms with van der Waals surface area (Å²) in [5.41, 5.74) is 0.774. The first-order valence-corrected chi connectivity index (χ1v) is 6.44. The predicted molar refractivity (Wildman–Crippen MR) is 72.0 cm³/mol. The van der Waals surface area contributed by atoms with Gasteiger partial charge < -0.3 is 9.84 Å². The molecule has 2 rings (SSSR count). The first kappa shape index (κ1) is 13.5. The highest BCUT2D eigenvalue weighted by Gasteiger charge is 2.16. The van der Waals surface area contributed by atoms with E-state index < -0.39 is 6.10 Å². The van der Waals surface area contributed by atoms with Crippen LogP contribution in [0.15, 0.2) is 30.6 Å². The highest BCUT2D eigenvalue weighted by Crippen LogP contribution is 2.26. The molecule has 102 valence electrons. The summed E-state index contributed by atoms with van der Waals surface area (Å²) in [6.45, 7) is 2.90. The zero-order chi connectivity index (χ0) is 13.7. The molecule has 1 N–H and O–H groups in total. The van der Waals surface area contributed by atoms with Crippen molar-refractivity contribution in [3.05, 3.63) is 42.0 Å². The lowest BCUT2D eigenvalue weighted by molar-refractivity contribution is 0.169. The van der Waals surface area contributed by atoms with Crippen molar-refractivity contribution in [3.8, 4) is 5.75 Å². The van der Waals surface area contributed by atoms with Gasteiger partial charge in [0.2, 0.25) is 0 Å². The zero-order valence-corrected chi connectivity index (χ0v) is 11.3. The number of rotatable bonds is 6. The van der Waals surface area contributed by atoms with Gasteiger partial charge in [0, 0.05) is 18.5 Å². The number of benzene rings is 1. The largest absolute Gasteiger partial charge is 0.496 e. The monoisotopic (exact) mass is 261 g/mol. The zero-order valence-electron chi connectivity index (χ0n) is 11.3. The molecule has 0 bridgehead atoms. The van der Waals surface area contributed by atoms with Crippen LogP contribution in [0.25, 0.3) is 0 Å². The Balaban J connectivity index is 2.16. The second kappa shape index (κ2) is 6.33. The minimum atomic E-state index is -0.643. The molecule has 0 aliphatic heterocycles. The first-order valence-electron chi connectivity index (χ1n) is 6.44. The van der Waals surface area contributed by atoms with E-state index in [9.17, 15) is 5.11 Å². The molecule has 0 radical (unpaired) electrons. The maximum Gasteiger partial charge on any atom is 0.138 e. The third kappa shape index (κ3) is 3.12. The van der Waals surface area contributed by atoms with Crippen LogP contribution in [0.1, 0.15) is 30.8 Å². The fourth-order valence-corrected chi connectivity index (χ4v) is 2.07. The Morgan fingerprint density at radius 3 is 2.89 bits per heavy atom. The van der Waals surface area contributed by atoms with E-state index in [2.05, 4.69) is 17.0 Å².